The second-order valence-electron chi connectivity index (χ2n) is 6.32. The van der Waals surface area contributed by atoms with E-state index in [-0.39, 0.29) is 5.69 Å². The summed E-state index contributed by atoms with van der Waals surface area (Å²) < 4.78 is 34.7. The molecule has 140 valence electrons. The number of ether oxygens (including phenoxy) is 1. The maximum atomic E-state index is 13.9. The van der Waals surface area contributed by atoms with E-state index in [0.29, 0.717) is 25.6 Å². The van der Waals surface area contributed by atoms with Crippen molar-refractivity contribution in [2.75, 3.05) is 13.2 Å². The number of fused-ring (bicyclic) bond motifs is 1. The fraction of sp³-hybridized carbons (Fsp3) is 0.316. The molecule has 0 atom stereocenters. The minimum Gasteiger partial charge on any atom is -0.478 e. The molecule has 0 fully saturated rings. The van der Waals surface area contributed by atoms with Crippen LogP contribution in [-0.2, 0) is 19.5 Å². The molecule has 6 nitrogen and oxygen atoms in total. The van der Waals surface area contributed by atoms with Gasteiger partial charge in [0.15, 0.2) is 11.6 Å². The molecular formula is C19H19F2N5O. The van der Waals surface area contributed by atoms with Gasteiger partial charge < -0.3 is 4.74 Å². The van der Waals surface area contributed by atoms with Crippen LogP contribution in [-0.4, -0.2) is 37.8 Å². The molecule has 0 radical (unpaired) electrons. The van der Waals surface area contributed by atoms with E-state index in [0.717, 1.165) is 29.9 Å². The van der Waals surface area contributed by atoms with Gasteiger partial charge in [0.05, 0.1) is 18.0 Å². The standard InChI is InChI=1S/C19H19F2N5O/c1-2-27-19-14-11-25(8-7-17(14)22-12-23-19)10-13-6-9-26(24-13)18-15(20)4-3-5-16(18)21/h3-6,9,12H,2,7-8,10-11H2,1H3. The van der Waals surface area contributed by atoms with Crippen LogP contribution in [0.4, 0.5) is 8.78 Å². The Morgan fingerprint density at radius 3 is 2.74 bits per heavy atom. The smallest absolute Gasteiger partial charge is 0.221 e. The van der Waals surface area contributed by atoms with E-state index >= 15 is 0 Å². The molecule has 3 heterocycles. The zero-order chi connectivity index (χ0) is 18.8. The lowest BCUT2D eigenvalue weighted by Crippen LogP contribution is -2.31. The van der Waals surface area contributed by atoms with E-state index in [4.69, 9.17) is 4.74 Å². The minimum absolute atomic E-state index is 0.167. The first-order valence-corrected chi connectivity index (χ1v) is 8.82. The Balaban J connectivity index is 1.52. The van der Waals surface area contributed by atoms with Gasteiger partial charge in [0.1, 0.15) is 12.0 Å². The molecule has 1 aliphatic rings. The molecule has 0 bridgehead atoms. The third-order valence-corrected chi connectivity index (χ3v) is 4.52. The number of aromatic nitrogens is 4. The van der Waals surface area contributed by atoms with Crippen LogP contribution < -0.4 is 4.74 Å². The molecule has 4 rings (SSSR count). The molecule has 0 saturated heterocycles. The lowest BCUT2D eigenvalue weighted by molar-refractivity contribution is 0.229. The quantitative estimate of drug-likeness (QED) is 0.690. The predicted octanol–water partition coefficient (Wildman–Crippen LogP) is 2.90. The van der Waals surface area contributed by atoms with E-state index in [1.54, 1.807) is 12.3 Å². The number of hydrogen-bond donors (Lipinski definition) is 0. The highest BCUT2D eigenvalue weighted by Crippen LogP contribution is 2.25. The minimum atomic E-state index is -0.643. The molecule has 0 aliphatic carbocycles. The molecule has 0 N–H and O–H groups in total. The highest BCUT2D eigenvalue weighted by molar-refractivity contribution is 5.35. The van der Waals surface area contributed by atoms with Crippen LogP contribution in [0.5, 0.6) is 5.88 Å². The first-order valence-electron chi connectivity index (χ1n) is 8.82. The van der Waals surface area contributed by atoms with Crippen molar-refractivity contribution in [1.82, 2.24) is 24.6 Å². The molecule has 8 heteroatoms. The zero-order valence-corrected chi connectivity index (χ0v) is 14.9. The average molecular weight is 371 g/mol. The number of halogens is 2. The molecule has 0 spiro atoms. The summed E-state index contributed by atoms with van der Waals surface area (Å²) in [4.78, 5) is 10.8. The highest BCUT2D eigenvalue weighted by atomic mass is 19.1. The van der Waals surface area contributed by atoms with Gasteiger partial charge in [-0.3, -0.25) is 4.90 Å². The Morgan fingerprint density at radius 2 is 1.96 bits per heavy atom. The summed E-state index contributed by atoms with van der Waals surface area (Å²) in [5.41, 5.74) is 2.56. The molecule has 0 amide bonds. The SMILES string of the molecule is CCOc1ncnc2c1CN(Cc1ccn(-c3c(F)cccc3F)n1)CC2. The first-order chi connectivity index (χ1) is 13.2. The molecule has 0 unspecified atom stereocenters. The monoisotopic (exact) mass is 371 g/mol. The van der Waals surface area contributed by atoms with Crippen molar-refractivity contribution in [2.45, 2.75) is 26.4 Å². The second kappa shape index (κ2) is 7.40. The topological polar surface area (TPSA) is 56.1 Å². The van der Waals surface area contributed by atoms with Gasteiger partial charge >= 0.3 is 0 Å². The lowest BCUT2D eigenvalue weighted by atomic mass is 10.1. The van der Waals surface area contributed by atoms with E-state index < -0.39 is 11.6 Å². The van der Waals surface area contributed by atoms with Crippen LogP contribution in [0.25, 0.3) is 5.69 Å². The summed E-state index contributed by atoms with van der Waals surface area (Å²) in [5, 5.41) is 4.34. The normalized spacial score (nSPS) is 14.2. The maximum Gasteiger partial charge on any atom is 0.221 e. The molecule has 0 saturated carbocycles. The molecule has 27 heavy (non-hydrogen) atoms. The highest BCUT2D eigenvalue weighted by Gasteiger charge is 2.22. The Hall–Kier alpha value is -2.87. The second-order valence-corrected chi connectivity index (χ2v) is 6.32. The Kier molecular flexibility index (Phi) is 4.81. The van der Waals surface area contributed by atoms with E-state index in [9.17, 15) is 8.78 Å². The Bertz CT molecular complexity index is 939. The molecular weight excluding hydrogens is 352 g/mol. The average Bonchev–Trinajstić information content (AvgIpc) is 3.10. The largest absolute Gasteiger partial charge is 0.478 e. The fourth-order valence-electron chi connectivity index (χ4n) is 3.27. The van der Waals surface area contributed by atoms with Gasteiger partial charge in [-0.25, -0.2) is 23.4 Å². The van der Waals surface area contributed by atoms with Crippen molar-refractivity contribution in [2.24, 2.45) is 0 Å². The Morgan fingerprint density at radius 1 is 1.15 bits per heavy atom. The first kappa shape index (κ1) is 17.5. The van der Waals surface area contributed by atoms with Crippen LogP contribution in [0.3, 0.4) is 0 Å². The predicted molar refractivity (Wildman–Crippen MR) is 94.5 cm³/mol. The Labute approximate surface area is 155 Å². The zero-order valence-electron chi connectivity index (χ0n) is 14.9. The van der Waals surface area contributed by atoms with Crippen LogP contribution in [0.2, 0.25) is 0 Å². The van der Waals surface area contributed by atoms with Gasteiger partial charge in [0, 0.05) is 37.8 Å². The molecule has 1 aromatic carbocycles. The van der Waals surface area contributed by atoms with Gasteiger partial charge in [0.25, 0.3) is 0 Å². The van der Waals surface area contributed by atoms with Crippen LogP contribution in [0, 0.1) is 11.6 Å². The van der Waals surface area contributed by atoms with Crippen molar-refractivity contribution < 1.29 is 13.5 Å². The number of nitrogens with zero attached hydrogens (tertiary/aromatic N) is 5. The summed E-state index contributed by atoms with van der Waals surface area (Å²) in [5.74, 6) is -0.670. The summed E-state index contributed by atoms with van der Waals surface area (Å²) in [6, 6.07) is 5.54. The third kappa shape index (κ3) is 3.52. The van der Waals surface area contributed by atoms with Crippen molar-refractivity contribution in [3.8, 4) is 11.6 Å². The number of para-hydroxylation sites is 1. The van der Waals surface area contributed by atoms with E-state index in [1.807, 2.05) is 6.92 Å². The van der Waals surface area contributed by atoms with Crippen molar-refractivity contribution in [1.29, 1.82) is 0 Å². The molecule has 1 aliphatic heterocycles. The number of rotatable bonds is 5. The van der Waals surface area contributed by atoms with E-state index in [1.165, 1.54) is 29.2 Å². The van der Waals surface area contributed by atoms with Crippen molar-refractivity contribution in [3.05, 3.63) is 65.4 Å². The molecule has 2 aromatic heterocycles. The van der Waals surface area contributed by atoms with Crippen LogP contribution in [0.1, 0.15) is 23.9 Å². The van der Waals surface area contributed by atoms with Gasteiger partial charge in [-0.05, 0) is 25.1 Å². The summed E-state index contributed by atoms with van der Waals surface area (Å²) in [7, 11) is 0. The third-order valence-electron chi connectivity index (χ3n) is 4.52. The van der Waals surface area contributed by atoms with Crippen molar-refractivity contribution in [3.63, 3.8) is 0 Å². The van der Waals surface area contributed by atoms with Gasteiger partial charge in [-0.15, -0.1) is 0 Å². The fourth-order valence-corrected chi connectivity index (χ4v) is 3.27. The summed E-state index contributed by atoms with van der Waals surface area (Å²) in [6.07, 6.45) is 3.90. The van der Waals surface area contributed by atoms with E-state index in [2.05, 4.69) is 20.0 Å². The number of hydrogen-bond acceptors (Lipinski definition) is 5. The van der Waals surface area contributed by atoms with Gasteiger partial charge in [-0.1, -0.05) is 6.07 Å². The number of benzene rings is 1. The maximum absolute atomic E-state index is 13.9. The van der Waals surface area contributed by atoms with Crippen molar-refractivity contribution >= 4 is 0 Å². The summed E-state index contributed by atoms with van der Waals surface area (Å²) in [6.45, 7) is 4.48. The van der Waals surface area contributed by atoms with Crippen LogP contribution >= 0.6 is 0 Å². The lowest BCUT2D eigenvalue weighted by Gasteiger charge is -2.28. The van der Waals surface area contributed by atoms with Gasteiger partial charge in [-0.2, -0.15) is 5.10 Å². The van der Waals surface area contributed by atoms with Crippen LogP contribution in [0.15, 0.2) is 36.8 Å². The molecule has 3 aromatic rings. The van der Waals surface area contributed by atoms with Gasteiger partial charge in [0.2, 0.25) is 5.88 Å². The summed E-state index contributed by atoms with van der Waals surface area (Å²) >= 11 is 0.